The first-order valence-electron chi connectivity index (χ1n) is 4.99. The first kappa shape index (κ1) is 11.2. The van der Waals surface area contributed by atoms with E-state index in [0.29, 0.717) is 6.61 Å². The van der Waals surface area contributed by atoms with Crippen LogP contribution in [0.2, 0.25) is 0 Å². The zero-order valence-corrected chi connectivity index (χ0v) is 10.6. The van der Waals surface area contributed by atoms with E-state index in [2.05, 4.69) is 15.9 Å². The summed E-state index contributed by atoms with van der Waals surface area (Å²) in [5, 5.41) is 0.892. The van der Waals surface area contributed by atoms with E-state index in [1.54, 1.807) is 13.0 Å². The normalized spacial score (nSPS) is 10.7. The van der Waals surface area contributed by atoms with Crippen molar-refractivity contribution in [3.05, 3.63) is 34.0 Å². The first-order chi connectivity index (χ1) is 7.63. The summed E-state index contributed by atoms with van der Waals surface area (Å²) in [5.74, 6) is -0.183. The van der Waals surface area contributed by atoms with Gasteiger partial charge in [-0.25, -0.2) is 4.79 Å². The predicted molar refractivity (Wildman–Crippen MR) is 64.6 cm³/mol. The van der Waals surface area contributed by atoms with Crippen LogP contribution in [0.5, 0.6) is 0 Å². The number of aryl methyl sites for hydroxylation is 1. The Balaban J connectivity index is 2.55. The van der Waals surface area contributed by atoms with Crippen LogP contribution in [0.1, 0.15) is 23.0 Å². The largest absolute Gasteiger partial charge is 0.460 e. The number of esters is 1. The number of hydrogen-bond acceptors (Lipinski definition) is 3. The predicted octanol–water partition coefficient (Wildman–Crippen LogP) is 3.68. The van der Waals surface area contributed by atoms with Crippen LogP contribution in [0.25, 0.3) is 11.0 Å². The molecule has 2 aromatic rings. The number of halogens is 1. The second-order valence-electron chi connectivity index (χ2n) is 3.44. The van der Waals surface area contributed by atoms with E-state index in [1.807, 2.05) is 19.1 Å². The van der Waals surface area contributed by atoms with Crippen LogP contribution in [-0.2, 0) is 4.74 Å². The first-order valence-corrected chi connectivity index (χ1v) is 5.78. The average Bonchev–Trinajstić information content (AvgIpc) is 2.70. The Morgan fingerprint density at radius 3 is 2.88 bits per heavy atom. The van der Waals surface area contributed by atoms with Crippen molar-refractivity contribution in [1.82, 2.24) is 0 Å². The molecule has 0 saturated carbocycles. The van der Waals surface area contributed by atoms with Crippen molar-refractivity contribution in [2.45, 2.75) is 13.8 Å². The molecule has 0 spiro atoms. The molecule has 1 aromatic carbocycles. The Hall–Kier alpha value is -1.29. The van der Waals surface area contributed by atoms with Gasteiger partial charge in [0.25, 0.3) is 0 Å². The SMILES string of the molecule is CCOC(=O)c1cc2c(Br)ccc(C)c2o1. The summed E-state index contributed by atoms with van der Waals surface area (Å²) in [4.78, 5) is 11.5. The molecule has 0 unspecified atom stereocenters. The topological polar surface area (TPSA) is 39.4 Å². The molecule has 0 amide bonds. The molecule has 3 nitrogen and oxygen atoms in total. The van der Waals surface area contributed by atoms with Crippen LogP contribution in [0.4, 0.5) is 0 Å². The minimum absolute atomic E-state index is 0.242. The van der Waals surface area contributed by atoms with Crippen LogP contribution in [-0.4, -0.2) is 12.6 Å². The zero-order chi connectivity index (χ0) is 11.7. The van der Waals surface area contributed by atoms with Crippen molar-refractivity contribution < 1.29 is 13.9 Å². The lowest BCUT2D eigenvalue weighted by atomic mass is 10.2. The second-order valence-corrected chi connectivity index (χ2v) is 4.29. The molecule has 0 bridgehead atoms. The van der Waals surface area contributed by atoms with Crippen molar-refractivity contribution in [2.75, 3.05) is 6.61 Å². The number of furan rings is 1. The van der Waals surface area contributed by atoms with Crippen molar-refractivity contribution >= 4 is 32.9 Å². The fourth-order valence-electron chi connectivity index (χ4n) is 1.53. The van der Waals surface area contributed by atoms with E-state index in [0.717, 1.165) is 21.0 Å². The molecule has 0 aliphatic rings. The van der Waals surface area contributed by atoms with Crippen molar-refractivity contribution in [1.29, 1.82) is 0 Å². The van der Waals surface area contributed by atoms with Gasteiger partial charge in [-0.1, -0.05) is 22.0 Å². The summed E-state index contributed by atoms with van der Waals surface area (Å²) in [6.45, 7) is 4.05. The number of benzene rings is 1. The van der Waals surface area contributed by atoms with Gasteiger partial charge in [0, 0.05) is 15.9 Å². The van der Waals surface area contributed by atoms with Gasteiger partial charge >= 0.3 is 5.97 Å². The van der Waals surface area contributed by atoms with Gasteiger partial charge in [0.2, 0.25) is 5.76 Å². The van der Waals surface area contributed by atoms with Crippen LogP contribution >= 0.6 is 15.9 Å². The Morgan fingerprint density at radius 1 is 1.50 bits per heavy atom. The standard InChI is InChI=1S/C12H11BrO3/c1-3-15-12(14)10-6-8-9(13)5-4-7(2)11(8)16-10/h4-6H,3H2,1-2H3. The molecule has 16 heavy (non-hydrogen) atoms. The van der Waals surface area contributed by atoms with Crippen LogP contribution < -0.4 is 0 Å². The molecule has 0 radical (unpaired) electrons. The molecule has 0 saturated heterocycles. The smallest absolute Gasteiger partial charge is 0.374 e. The fourth-order valence-corrected chi connectivity index (χ4v) is 1.95. The van der Waals surface area contributed by atoms with Crippen molar-refractivity contribution in [2.24, 2.45) is 0 Å². The highest BCUT2D eigenvalue weighted by atomic mass is 79.9. The van der Waals surface area contributed by atoms with Crippen LogP contribution in [0.15, 0.2) is 27.1 Å². The number of ether oxygens (including phenoxy) is 1. The third-order valence-electron chi connectivity index (χ3n) is 2.30. The highest BCUT2D eigenvalue weighted by Gasteiger charge is 2.15. The molecule has 0 N–H and O–H groups in total. The number of fused-ring (bicyclic) bond motifs is 1. The molecule has 4 heteroatoms. The monoisotopic (exact) mass is 282 g/mol. The maximum Gasteiger partial charge on any atom is 0.374 e. The third kappa shape index (κ3) is 1.85. The van der Waals surface area contributed by atoms with Crippen molar-refractivity contribution in [3.8, 4) is 0 Å². The van der Waals surface area contributed by atoms with Crippen LogP contribution in [0, 0.1) is 6.92 Å². The third-order valence-corrected chi connectivity index (χ3v) is 3.00. The van der Waals surface area contributed by atoms with Crippen LogP contribution in [0.3, 0.4) is 0 Å². The zero-order valence-electron chi connectivity index (χ0n) is 9.04. The summed E-state index contributed by atoms with van der Waals surface area (Å²) in [6.07, 6.45) is 0. The van der Waals surface area contributed by atoms with Gasteiger partial charge in [-0.15, -0.1) is 0 Å². The molecule has 1 heterocycles. The Morgan fingerprint density at radius 2 is 2.25 bits per heavy atom. The molecule has 0 fully saturated rings. The summed E-state index contributed by atoms with van der Waals surface area (Å²) in [6, 6.07) is 5.57. The van der Waals surface area contributed by atoms with E-state index in [4.69, 9.17) is 9.15 Å². The van der Waals surface area contributed by atoms with Crippen molar-refractivity contribution in [3.63, 3.8) is 0 Å². The summed E-state index contributed by atoms with van der Waals surface area (Å²) >= 11 is 3.42. The average molecular weight is 283 g/mol. The summed E-state index contributed by atoms with van der Waals surface area (Å²) < 4.78 is 11.3. The maximum absolute atomic E-state index is 11.5. The Labute approximate surface area is 102 Å². The van der Waals surface area contributed by atoms with E-state index >= 15 is 0 Å². The molecule has 0 aliphatic heterocycles. The number of carbonyl (C=O) groups is 1. The highest BCUT2D eigenvalue weighted by Crippen LogP contribution is 2.29. The van der Waals surface area contributed by atoms with E-state index < -0.39 is 5.97 Å². The molecular weight excluding hydrogens is 272 g/mol. The number of hydrogen-bond donors (Lipinski definition) is 0. The number of carbonyl (C=O) groups excluding carboxylic acids is 1. The quantitative estimate of drug-likeness (QED) is 0.789. The van der Waals surface area contributed by atoms with Gasteiger partial charge in [-0.05, 0) is 25.5 Å². The minimum atomic E-state index is -0.426. The molecule has 84 valence electrons. The van der Waals surface area contributed by atoms with Gasteiger partial charge in [0.15, 0.2) is 0 Å². The Kier molecular flexibility index (Phi) is 3.01. The molecular formula is C12H11BrO3. The molecule has 1 aromatic heterocycles. The number of rotatable bonds is 2. The van der Waals surface area contributed by atoms with E-state index in [-0.39, 0.29) is 5.76 Å². The lowest BCUT2D eigenvalue weighted by Crippen LogP contribution is -2.02. The lowest BCUT2D eigenvalue weighted by molar-refractivity contribution is 0.0492. The summed E-state index contributed by atoms with van der Waals surface area (Å²) in [5.41, 5.74) is 1.71. The molecule has 0 aliphatic carbocycles. The fraction of sp³-hybridized carbons (Fsp3) is 0.250. The van der Waals surface area contributed by atoms with E-state index in [9.17, 15) is 4.79 Å². The van der Waals surface area contributed by atoms with Gasteiger partial charge < -0.3 is 9.15 Å². The Bertz CT molecular complexity index is 503. The molecule has 2 rings (SSSR count). The minimum Gasteiger partial charge on any atom is -0.460 e. The summed E-state index contributed by atoms with van der Waals surface area (Å²) in [7, 11) is 0. The van der Waals surface area contributed by atoms with E-state index in [1.165, 1.54) is 0 Å². The highest BCUT2D eigenvalue weighted by molar-refractivity contribution is 9.10. The molecule has 0 atom stereocenters. The van der Waals surface area contributed by atoms with Gasteiger partial charge in [-0.3, -0.25) is 0 Å². The second kappa shape index (κ2) is 4.29. The van der Waals surface area contributed by atoms with Gasteiger partial charge in [0.05, 0.1) is 6.61 Å². The van der Waals surface area contributed by atoms with Gasteiger partial charge in [-0.2, -0.15) is 0 Å². The van der Waals surface area contributed by atoms with Gasteiger partial charge in [0.1, 0.15) is 5.58 Å². The maximum atomic E-state index is 11.5. The lowest BCUT2D eigenvalue weighted by Gasteiger charge is -1.96.